The highest BCUT2D eigenvalue weighted by Gasteiger charge is 2.32. The molecule has 28 heavy (non-hydrogen) atoms. The van der Waals surface area contributed by atoms with E-state index in [0.29, 0.717) is 31.2 Å². The Morgan fingerprint density at radius 2 is 1.96 bits per heavy atom. The fourth-order valence-electron chi connectivity index (χ4n) is 4.05. The molecule has 0 N–H and O–H groups in total. The highest BCUT2D eigenvalue weighted by atomic mass is 16.5. The van der Waals surface area contributed by atoms with Gasteiger partial charge in [0.05, 0.1) is 19.2 Å². The van der Waals surface area contributed by atoms with Crippen LogP contribution in [0, 0.1) is 0 Å². The third kappa shape index (κ3) is 3.76. The molecule has 3 heterocycles. The van der Waals surface area contributed by atoms with Crippen molar-refractivity contribution in [1.29, 1.82) is 0 Å². The van der Waals surface area contributed by atoms with E-state index in [-0.39, 0.29) is 11.9 Å². The molecule has 0 unspecified atom stereocenters. The molecular weight excluding hydrogens is 356 g/mol. The van der Waals surface area contributed by atoms with E-state index < -0.39 is 0 Å². The first-order chi connectivity index (χ1) is 13.7. The summed E-state index contributed by atoms with van der Waals surface area (Å²) in [6, 6.07) is 7.56. The van der Waals surface area contributed by atoms with Crippen LogP contribution in [0.4, 0.5) is 0 Å². The molecule has 150 valence electrons. The summed E-state index contributed by atoms with van der Waals surface area (Å²) in [5, 5.41) is 8.90. The predicted molar refractivity (Wildman–Crippen MR) is 104 cm³/mol. The average Bonchev–Trinajstić information content (AvgIpc) is 3.17. The lowest BCUT2D eigenvalue weighted by Gasteiger charge is -2.34. The molecular formula is C21H28N4O3. The summed E-state index contributed by atoms with van der Waals surface area (Å²) in [6.07, 6.45) is 2.93. The van der Waals surface area contributed by atoms with Crippen molar-refractivity contribution >= 4 is 5.91 Å². The Kier molecular flexibility index (Phi) is 5.62. The fraction of sp³-hybridized carbons (Fsp3) is 0.571. The first-order valence-electron chi connectivity index (χ1n) is 10.2. The number of rotatable bonds is 5. The van der Waals surface area contributed by atoms with Crippen molar-refractivity contribution in [2.75, 3.05) is 26.4 Å². The van der Waals surface area contributed by atoms with E-state index in [1.165, 1.54) is 0 Å². The molecule has 7 nitrogen and oxygen atoms in total. The monoisotopic (exact) mass is 384 g/mol. The maximum atomic E-state index is 13.0. The minimum absolute atomic E-state index is 0.0238. The second-order valence-electron chi connectivity index (χ2n) is 7.64. The van der Waals surface area contributed by atoms with Crippen LogP contribution in [0.5, 0.6) is 5.75 Å². The van der Waals surface area contributed by atoms with Crippen LogP contribution < -0.4 is 4.74 Å². The number of benzene rings is 1. The van der Waals surface area contributed by atoms with Gasteiger partial charge in [0.1, 0.15) is 11.6 Å². The van der Waals surface area contributed by atoms with Crippen molar-refractivity contribution in [3.05, 3.63) is 41.5 Å². The molecule has 0 aliphatic carbocycles. The zero-order valence-electron chi connectivity index (χ0n) is 16.6. The lowest BCUT2D eigenvalue weighted by atomic mass is 9.98. The van der Waals surface area contributed by atoms with Gasteiger partial charge in [0, 0.05) is 31.2 Å². The van der Waals surface area contributed by atoms with E-state index in [4.69, 9.17) is 9.47 Å². The van der Waals surface area contributed by atoms with Crippen LogP contribution in [0.15, 0.2) is 24.3 Å². The van der Waals surface area contributed by atoms with Crippen LogP contribution in [0.3, 0.4) is 0 Å². The van der Waals surface area contributed by atoms with E-state index in [9.17, 15) is 4.79 Å². The maximum Gasteiger partial charge on any atom is 0.254 e. The number of hydrogen-bond acceptors (Lipinski definition) is 5. The Morgan fingerprint density at radius 3 is 2.68 bits per heavy atom. The van der Waals surface area contributed by atoms with Crippen LogP contribution in [0.2, 0.25) is 0 Å². The summed E-state index contributed by atoms with van der Waals surface area (Å²) in [4.78, 5) is 14.9. The maximum absolute atomic E-state index is 13.0. The van der Waals surface area contributed by atoms with Gasteiger partial charge in [-0.05, 0) is 50.5 Å². The topological polar surface area (TPSA) is 69.5 Å². The van der Waals surface area contributed by atoms with Gasteiger partial charge in [-0.15, -0.1) is 10.2 Å². The predicted octanol–water partition coefficient (Wildman–Crippen LogP) is 3.18. The summed E-state index contributed by atoms with van der Waals surface area (Å²) in [6.45, 7) is 7.61. The Balaban J connectivity index is 1.48. The van der Waals surface area contributed by atoms with Gasteiger partial charge in [0.25, 0.3) is 5.91 Å². The molecule has 1 atom stereocenters. The first-order valence-corrected chi connectivity index (χ1v) is 10.2. The van der Waals surface area contributed by atoms with Crippen LogP contribution in [0.1, 0.15) is 67.1 Å². The molecule has 1 aromatic carbocycles. The van der Waals surface area contributed by atoms with Crippen LogP contribution in [-0.2, 0) is 11.3 Å². The number of fused-ring (bicyclic) bond motifs is 1. The number of carbonyl (C=O) groups is 1. The molecule has 7 heteroatoms. The highest BCUT2D eigenvalue weighted by Crippen LogP contribution is 2.31. The van der Waals surface area contributed by atoms with Crippen molar-refractivity contribution in [2.24, 2.45) is 0 Å². The highest BCUT2D eigenvalue weighted by molar-refractivity contribution is 5.94. The summed E-state index contributed by atoms with van der Waals surface area (Å²) < 4.78 is 13.3. The molecule has 1 aromatic heterocycles. The number of carbonyl (C=O) groups excluding carboxylic acids is 1. The summed E-state index contributed by atoms with van der Waals surface area (Å²) in [7, 11) is 0. The first kappa shape index (κ1) is 18.9. The second kappa shape index (κ2) is 8.31. The molecule has 0 saturated carbocycles. The number of ether oxygens (including phenoxy) is 2. The van der Waals surface area contributed by atoms with Gasteiger partial charge in [-0.3, -0.25) is 4.79 Å². The van der Waals surface area contributed by atoms with Gasteiger partial charge in [-0.2, -0.15) is 0 Å². The molecule has 0 radical (unpaired) electrons. The van der Waals surface area contributed by atoms with Crippen LogP contribution in [-0.4, -0.2) is 51.9 Å². The standard InChI is InChI=1S/C21H28N4O3/c1-3-10-28-18-6-4-17(5-7-18)21(26)24-13-15(2)25-19(14-24)22-23-20(25)16-8-11-27-12-9-16/h4-7,15-16H,3,8-14H2,1-2H3/t15-/m0/s1. The molecule has 1 fully saturated rings. The fourth-order valence-corrected chi connectivity index (χ4v) is 4.05. The minimum Gasteiger partial charge on any atom is -0.494 e. The van der Waals surface area contributed by atoms with Crippen molar-refractivity contribution in [3.63, 3.8) is 0 Å². The molecule has 2 aromatic rings. The smallest absolute Gasteiger partial charge is 0.254 e. The van der Waals surface area contributed by atoms with E-state index in [1.807, 2.05) is 29.2 Å². The third-order valence-corrected chi connectivity index (χ3v) is 5.50. The van der Waals surface area contributed by atoms with Gasteiger partial charge >= 0.3 is 0 Å². The Bertz CT molecular complexity index is 812. The zero-order chi connectivity index (χ0) is 19.5. The lowest BCUT2D eigenvalue weighted by molar-refractivity contribution is 0.0668. The normalized spacial score (nSPS) is 20.1. The van der Waals surface area contributed by atoms with Crippen molar-refractivity contribution < 1.29 is 14.3 Å². The van der Waals surface area contributed by atoms with Crippen molar-refractivity contribution in [1.82, 2.24) is 19.7 Å². The molecule has 1 saturated heterocycles. The van der Waals surface area contributed by atoms with Crippen molar-refractivity contribution in [3.8, 4) is 5.75 Å². The summed E-state index contributed by atoms with van der Waals surface area (Å²) in [5.74, 6) is 3.14. The largest absolute Gasteiger partial charge is 0.494 e. The average molecular weight is 384 g/mol. The van der Waals surface area contributed by atoms with Crippen molar-refractivity contribution in [2.45, 2.75) is 51.6 Å². The molecule has 0 bridgehead atoms. The Hall–Kier alpha value is -2.41. The van der Waals surface area contributed by atoms with Gasteiger partial charge in [0.15, 0.2) is 5.82 Å². The number of hydrogen-bond donors (Lipinski definition) is 0. The number of amides is 1. The molecule has 2 aliphatic rings. The summed E-state index contributed by atoms with van der Waals surface area (Å²) >= 11 is 0. The number of aromatic nitrogens is 3. The van der Waals surface area contributed by atoms with E-state index in [0.717, 1.165) is 49.9 Å². The van der Waals surface area contributed by atoms with E-state index in [1.54, 1.807) is 0 Å². The van der Waals surface area contributed by atoms with Gasteiger partial charge in [0.2, 0.25) is 0 Å². The van der Waals surface area contributed by atoms with Gasteiger partial charge in [-0.1, -0.05) is 6.92 Å². The second-order valence-corrected chi connectivity index (χ2v) is 7.64. The van der Waals surface area contributed by atoms with Gasteiger partial charge < -0.3 is 18.9 Å². The lowest BCUT2D eigenvalue weighted by Crippen LogP contribution is -2.41. The Morgan fingerprint density at radius 1 is 1.21 bits per heavy atom. The third-order valence-electron chi connectivity index (χ3n) is 5.50. The van der Waals surface area contributed by atoms with E-state index in [2.05, 4.69) is 28.6 Å². The zero-order valence-corrected chi connectivity index (χ0v) is 16.6. The molecule has 1 amide bonds. The molecule has 4 rings (SSSR count). The summed E-state index contributed by atoms with van der Waals surface area (Å²) in [5.41, 5.74) is 0.675. The quantitative estimate of drug-likeness (QED) is 0.792. The van der Waals surface area contributed by atoms with Crippen LogP contribution >= 0.6 is 0 Å². The minimum atomic E-state index is 0.0238. The molecule has 0 spiro atoms. The SMILES string of the molecule is CCCOc1ccc(C(=O)N2Cc3nnc(C4CCOCC4)n3[C@@H](C)C2)cc1. The van der Waals surface area contributed by atoms with Gasteiger partial charge in [-0.25, -0.2) is 0 Å². The van der Waals surface area contributed by atoms with E-state index >= 15 is 0 Å². The Labute approximate surface area is 165 Å². The molecule has 2 aliphatic heterocycles. The van der Waals surface area contributed by atoms with Crippen LogP contribution in [0.25, 0.3) is 0 Å². The number of nitrogens with zero attached hydrogens (tertiary/aromatic N) is 4.